The average Bonchev–Trinajstić information content (AvgIpc) is 2.36. The molecule has 1 aromatic rings. The van der Waals surface area contributed by atoms with Crippen LogP contribution in [0, 0.1) is 0 Å². The van der Waals surface area contributed by atoms with Gasteiger partial charge in [0.1, 0.15) is 0 Å². The number of likely N-dealkylation sites (N-methyl/N-ethyl adjacent to an activating group) is 2. The zero-order chi connectivity index (χ0) is 12.7. The molecule has 0 saturated carbocycles. The van der Waals surface area contributed by atoms with Gasteiger partial charge in [0.15, 0.2) is 0 Å². The second kappa shape index (κ2) is 6.91. The lowest BCUT2D eigenvalue weighted by atomic mass is 10.3. The molecule has 0 heterocycles. The third-order valence-corrected chi connectivity index (χ3v) is 2.75. The molecule has 1 rings (SSSR count). The van der Waals surface area contributed by atoms with Gasteiger partial charge in [-0.25, -0.2) is 0 Å². The summed E-state index contributed by atoms with van der Waals surface area (Å²) in [6, 6.07) is 10.1. The minimum Gasteiger partial charge on any atom is -0.373 e. The molecule has 1 amide bonds. The maximum absolute atomic E-state index is 11.5. The van der Waals surface area contributed by atoms with E-state index in [4.69, 9.17) is 5.73 Å². The van der Waals surface area contributed by atoms with E-state index in [-0.39, 0.29) is 5.91 Å². The van der Waals surface area contributed by atoms with Crippen molar-refractivity contribution < 1.29 is 4.79 Å². The van der Waals surface area contributed by atoms with Gasteiger partial charge in [0.2, 0.25) is 5.91 Å². The van der Waals surface area contributed by atoms with Crippen molar-refractivity contribution in [2.24, 2.45) is 5.73 Å². The maximum atomic E-state index is 11.5. The van der Waals surface area contributed by atoms with Gasteiger partial charge in [-0.05, 0) is 12.1 Å². The molecule has 0 aromatic heterocycles. The molecular weight excluding hydrogens is 214 g/mol. The Balaban J connectivity index is 2.38. The van der Waals surface area contributed by atoms with Gasteiger partial charge in [-0.1, -0.05) is 18.2 Å². The molecule has 0 aliphatic heterocycles. The number of hydrogen-bond donors (Lipinski definition) is 1. The molecular formula is C13H21N3O. The standard InChI is InChI=1S/C13H21N3O/c1-15(12-6-4-3-5-7-12)10-11-16(2)13(17)8-9-14/h3-7H,8-11,14H2,1-2H3. The van der Waals surface area contributed by atoms with Crippen LogP contribution in [0.2, 0.25) is 0 Å². The first kappa shape index (κ1) is 13.5. The highest BCUT2D eigenvalue weighted by atomic mass is 16.2. The van der Waals surface area contributed by atoms with Crippen molar-refractivity contribution in [3.8, 4) is 0 Å². The van der Waals surface area contributed by atoms with Crippen molar-refractivity contribution in [2.75, 3.05) is 38.6 Å². The van der Waals surface area contributed by atoms with Crippen LogP contribution in [0.4, 0.5) is 5.69 Å². The zero-order valence-corrected chi connectivity index (χ0v) is 10.6. The van der Waals surface area contributed by atoms with Crippen LogP contribution < -0.4 is 10.6 Å². The Morgan fingerprint density at radius 2 is 1.82 bits per heavy atom. The molecule has 0 bridgehead atoms. The Hall–Kier alpha value is -1.55. The number of nitrogens with zero attached hydrogens (tertiary/aromatic N) is 2. The Labute approximate surface area is 103 Å². The Kier molecular flexibility index (Phi) is 5.49. The SMILES string of the molecule is CN(CCN(C)c1ccccc1)C(=O)CCN. The molecule has 17 heavy (non-hydrogen) atoms. The summed E-state index contributed by atoms with van der Waals surface area (Å²) in [5.41, 5.74) is 6.52. The second-order valence-corrected chi connectivity index (χ2v) is 4.11. The number of carbonyl (C=O) groups excluding carboxylic acids is 1. The first-order valence-electron chi connectivity index (χ1n) is 5.85. The molecule has 0 spiro atoms. The van der Waals surface area contributed by atoms with Crippen molar-refractivity contribution in [3.63, 3.8) is 0 Å². The highest BCUT2D eigenvalue weighted by Crippen LogP contribution is 2.10. The topological polar surface area (TPSA) is 49.6 Å². The summed E-state index contributed by atoms with van der Waals surface area (Å²) in [5.74, 6) is 0.106. The smallest absolute Gasteiger partial charge is 0.223 e. The highest BCUT2D eigenvalue weighted by Gasteiger charge is 2.08. The monoisotopic (exact) mass is 235 g/mol. The Morgan fingerprint density at radius 1 is 1.18 bits per heavy atom. The van der Waals surface area contributed by atoms with Gasteiger partial charge >= 0.3 is 0 Å². The number of carbonyl (C=O) groups is 1. The van der Waals surface area contributed by atoms with Crippen LogP contribution >= 0.6 is 0 Å². The lowest BCUT2D eigenvalue weighted by molar-refractivity contribution is -0.129. The highest BCUT2D eigenvalue weighted by molar-refractivity contribution is 5.76. The van der Waals surface area contributed by atoms with Crippen LogP contribution in [-0.4, -0.2) is 44.5 Å². The van der Waals surface area contributed by atoms with Crippen molar-refractivity contribution in [1.82, 2.24) is 4.90 Å². The van der Waals surface area contributed by atoms with E-state index < -0.39 is 0 Å². The van der Waals surface area contributed by atoms with E-state index in [0.29, 0.717) is 19.5 Å². The first-order valence-corrected chi connectivity index (χ1v) is 5.85. The fourth-order valence-electron chi connectivity index (χ4n) is 1.55. The van der Waals surface area contributed by atoms with Crippen molar-refractivity contribution >= 4 is 11.6 Å². The summed E-state index contributed by atoms with van der Waals surface area (Å²) >= 11 is 0. The van der Waals surface area contributed by atoms with E-state index in [2.05, 4.69) is 17.0 Å². The number of rotatable bonds is 6. The van der Waals surface area contributed by atoms with Crippen LogP contribution in [0.5, 0.6) is 0 Å². The molecule has 0 radical (unpaired) electrons. The van der Waals surface area contributed by atoms with Crippen molar-refractivity contribution in [1.29, 1.82) is 0 Å². The number of benzene rings is 1. The molecule has 1 aromatic carbocycles. The van der Waals surface area contributed by atoms with Crippen LogP contribution in [-0.2, 0) is 4.79 Å². The van der Waals surface area contributed by atoms with Crippen molar-refractivity contribution in [3.05, 3.63) is 30.3 Å². The fourth-order valence-corrected chi connectivity index (χ4v) is 1.55. The fraction of sp³-hybridized carbons (Fsp3) is 0.462. The third kappa shape index (κ3) is 4.44. The molecule has 2 N–H and O–H groups in total. The summed E-state index contributed by atoms with van der Waals surface area (Å²) in [6.07, 6.45) is 0.422. The largest absolute Gasteiger partial charge is 0.373 e. The van der Waals surface area contributed by atoms with E-state index in [9.17, 15) is 4.79 Å². The zero-order valence-electron chi connectivity index (χ0n) is 10.6. The number of amides is 1. The van der Waals surface area contributed by atoms with E-state index in [0.717, 1.165) is 12.2 Å². The minimum atomic E-state index is 0.106. The van der Waals surface area contributed by atoms with Gasteiger partial charge in [-0.2, -0.15) is 0 Å². The van der Waals surface area contributed by atoms with E-state index >= 15 is 0 Å². The molecule has 4 nitrogen and oxygen atoms in total. The molecule has 0 aliphatic carbocycles. The van der Waals surface area contributed by atoms with Crippen LogP contribution in [0.1, 0.15) is 6.42 Å². The number of hydrogen-bond acceptors (Lipinski definition) is 3. The molecule has 0 atom stereocenters. The molecule has 0 saturated heterocycles. The third-order valence-electron chi connectivity index (χ3n) is 2.75. The normalized spacial score (nSPS) is 10.1. The van der Waals surface area contributed by atoms with Crippen LogP contribution in [0.3, 0.4) is 0 Å². The summed E-state index contributed by atoms with van der Waals surface area (Å²) in [5, 5.41) is 0. The summed E-state index contributed by atoms with van der Waals surface area (Å²) in [4.78, 5) is 15.4. The van der Waals surface area contributed by atoms with E-state index in [1.807, 2.05) is 32.3 Å². The lowest BCUT2D eigenvalue weighted by Gasteiger charge is -2.23. The van der Waals surface area contributed by atoms with Gasteiger partial charge in [0.05, 0.1) is 0 Å². The minimum absolute atomic E-state index is 0.106. The van der Waals surface area contributed by atoms with Gasteiger partial charge in [0.25, 0.3) is 0 Å². The van der Waals surface area contributed by atoms with E-state index in [1.54, 1.807) is 4.90 Å². The summed E-state index contributed by atoms with van der Waals surface area (Å²) in [6.45, 7) is 1.94. The molecule has 0 fully saturated rings. The summed E-state index contributed by atoms with van der Waals surface area (Å²) < 4.78 is 0. The average molecular weight is 235 g/mol. The van der Waals surface area contributed by atoms with Crippen LogP contribution in [0.25, 0.3) is 0 Å². The van der Waals surface area contributed by atoms with Gasteiger partial charge in [0, 0.05) is 45.8 Å². The van der Waals surface area contributed by atoms with Gasteiger partial charge in [-0.15, -0.1) is 0 Å². The Morgan fingerprint density at radius 3 is 2.41 bits per heavy atom. The molecule has 94 valence electrons. The predicted molar refractivity (Wildman–Crippen MR) is 71.0 cm³/mol. The quantitative estimate of drug-likeness (QED) is 0.798. The summed E-state index contributed by atoms with van der Waals surface area (Å²) in [7, 11) is 3.84. The Bertz CT molecular complexity index is 340. The lowest BCUT2D eigenvalue weighted by Crippen LogP contribution is -2.35. The molecule has 0 aliphatic rings. The van der Waals surface area contributed by atoms with Crippen molar-refractivity contribution in [2.45, 2.75) is 6.42 Å². The number of para-hydroxylation sites is 1. The second-order valence-electron chi connectivity index (χ2n) is 4.11. The predicted octanol–water partition coefficient (Wildman–Crippen LogP) is 0.930. The van der Waals surface area contributed by atoms with Crippen LogP contribution in [0.15, 0.2) is 30.3 Å². The number of anilines is 1. The molecule has 4 heteroatoms. The molecule has 0 unspecified atom stereocenters. The maximum Gasteiger partial charge on any atom is 0.223 e. The first-order chi connectivity index (χ1) is 8.15. The van der Waals surface area contributed by atoms with E-state index in [1.165, 1.54) is 0 Å². The van der Waals surface area contributed by atoms with Gasteiger partial charge < -0.3 is 15.5 Å². The van der Waals surface area contributed by atoms with Gasteiger partial charge in [-0.3, -0.25) is 4.79 Å². The number of nitrogens with two attached hydrogens (primary N) is 1.